The van der Waals surface area contributed by atoms with Crippen molar-refractivity contribution >= 4 is 21.2 Å². The molecule has 1 aliphatic rings. The molecule has 0 bridgehead atoms. The first-order valence-electron chi connectivity index (χ1n) is 7.54. The number of nitrogens with one attached hydrogen (secondary N) is 1. The van der Waals surface area contributed by atoms with Gasteiger partial charge >= 0.3 is 5.51 Å². The van der Waals surface area contributed by atoms with Gasteiger partial charge in [-0.2, -0.15) is 13.2 Å². The van der Waals surface area contributed by atoms with Crippen molar-refractivity contribution in [3.63, 3.8) is 0 Å². The van der Waals surface area contributed by atoms with Crippen LogP contribution in [0.2, 0.25) is 0 Å². The highest BCUT2D eigenvalue weighted by atomic mass is 32.2. The van der Waals surface area contributed by atoms with E-state index in [9.17, 15) is 31.7 Å². The minimum Gasteiger partial charge on any atom is -0.381 e. The molecule has 1 N–H and O–H groups in total. The Balaban J connectivity index is 2.02. The van der Waals surface area contributed by atoms with Gasteiger partial charge in [0.2, 0.25) is 0 Å². The van der Waals surface area contributed by atoms with Crippen LogP contribution in [0.1, 0.15) is 19.3 Å². The van der Waals surface area contributed by atoms with Crippen LogP contribution in [-0.2, 0) is 14.6 Å². The number of ether oxygens (including phenoxy) is 1. The van der Waals surface area contributed by atoms with Crippen LogP contribution < -0.4 is 5.32 Å². The lowest BCUT2D eigenvalue weighted by Gasteiger charge is -2.11. The van der Waals surface area contributed by atoms with E-state index < -0.39 is 30.9 Å². The maximum absolute atomic E-state index is 12.5. The Morgan fingerprint density at radius 2 is 2.00 bits per heavy atom. The van der Waals surface area contributed by atoms with Crippen LogP contribution in [0, 0.1) is 16.0 Å². The molecule has 1 aromatic rings. The second kappa shape index (κ2) is 7.56. The number of nitro groups is 1. The van der Waals surface area contributed by atoms with Gasteiger partial charge in [0, 0.05) is 25.8 Å². The molecule has 25 heavy (non-hydrogen) atoms. The number of hydrogen-bond acceptors (Lipinski definition) is 6. The number of nitro benzene ring substituents is 1. The summed E-state index contributed by atoms with van der Waals surface area (Å²) in [4.78, 5) is 8.94. The molecule has 0 aliphatic heterocycles. The van der Waals surface area contributed by atoms with Crippen molar-refractivity contribution in [3.8, 4) is 0 Å². The molecule has 11 heteroatoms. The Kier molecular flexibility index (Phi) is 5.88. The smallest absolute Gasteiger partial charge is 0.381 e. The van der Waals surface area contributed by atoms with Gasteiger partial charge < -0.3 is 10.1 Å². The molecular weight excluding hydrogens is 365 g/mol. The monoisotopic (exact) mass is 382 g/mol. The second-order valence-corrected chi connectivity index (χ2v) is 7.63. The Labute approximate surface area is 142 Å². The van der Waals surface area contributed by atoms with Crippen LogP contribution in [0.4, 0.5) is 24.5 Å². The molecule has 1 fully saturated rings. The van der Waals surface area contributed by atoms with Crippen molar-refractivity contribution in [3.05, 3.63) is 28.3 Å². The lowest BCUT2D eigenvalue weighted by atomic mass is 10.2. The standard InChI is InChI=1S/C14H17F3N2O5S/c15-14(16,17)25(22,23)11-4-5-12(13(8-11)19(20)21)18-6-1-7-24-9-10-2-3-10/h4-5,8,10,18H,1-3,6-7,9H2. The third-order valence-corrected chi connectivity index (χ3v) is 5.10. The predicted octanol–water partition coefficient (Wildman–Crippen LogP) is 3.12. The van der Waals surface area contributed by atoms with E-state index in [-0.39, 0.29) is 5.69 Å². The largest absolute Gasteiger partial charge is 0.501 e. The summed E-state index contributed by atoms with van der Waals surface area (Å²) in [6.45, 7) is 1.44. The van der Waals surface area contributed by atoms with Crippen molar-refractivity contribution in [2.24, 2.45) is 5.92 Å². The van der Waals surface area contributed by atoms with Crippen LogP contribution in [0.25, 0.3) is 0 Å². The second-order valence-electron chi connectivity index (χ2n) is 5.68. The van der Waals surface area contributed by atoms with Gasteiger partial charge in [0.15, 0.2) is 0 Å². The van der Waals surface area contributed by atoms with Gasteiger partial charge in [0.1, 0.15) is 5.69 Å². The first-order chi connectivity index (χ1) is 11.6. The van der Waals surface area contributed by atoms with E-state index in [0.29, 0.717) is 44.2 Å². The first-order valence-corrected chi connectivity index (χ1v) is 9.02. The molecule has 0 aromatic heterocycles. The van der Waals surface area contributed by atoms with Crippen molar-refractivity contribution in [2.45, 2.75) is 29.7 Å². The van der Waals surface area contributed by atoms with Crippen molar-refractivity contribution in [2.75, 3.05) is 25.1 Å². The summed E-state index contributed by atoms with van der Waals surface area (Å²) in [6, 6.07) is 2.07. The Morgan fingerprint density at radius 3 is 2.56 bits per heavy atom. The van der Waals surface area contributed by atoms with Crippen molar-refractivity contribution in [1.82, 2.24) is 0 Å². The zero-order valence-corrected chi connectivity index (χ0v) is 13.9. The van der Waals surface area contributed by atoms with Gasteiger partial charge in [-0.1, -0.05) is 0 Å². The molecule has 0 atom stereocenters. The van der Waals surface area contributed by atoms with E-state index in [1.54, 1.807) is 0 Å². The maximum atomic E-state index is 12.5. The molecule has 7 nitrogen and oxygen atoms in total. The summed E-state index contributed by atoms with van der Waals surface area (Å²) < 4.78 is 65.7. The zero-order valence-electron chi connectivity index (χ0n) is 13.1. The summed E-state index contributed by atoms with van der Waals surface area (Å²) in [5.74, 6) is 0.622. The number of benzene rings is 1. The molecule has 0 heterocycles. The van der Waals surface area contributed by atoms with E-state index in [1.807, 2.05) is 0 Å². The highest BCUT2D eigenvalue weighted by molar-refractivity contribution is 7.92. The fourth-order valence-corrected chi connectivity index (χ4v) is 2.83. The zero-order chi connectivity index (χ0) is 18.7. The Bertz CT molecular complexity index is 732. The lowest BCUT2D eigenvalue weighted by molar-refractivity contribution is -0.384. The maximum Gasteiger partial charge on any atom is 0.501 e. The number of nitrogens with zero attached hydrogens (tertiary/aromatic N) is 1. The highest BCUT2D eigenvalue weighted by Gasteiger charge is 2.47. The van der Waals surface area contributed by atoms with Gasteiger partial charge in [-0.3, -0.25) is 10.1 Å². The van der Waals surface area contributed by atoms with E-state index in [1.165, 1.54) is 0 Å². The van der Waals surface area contributed by atoms with Gasteiger partial charge in [-0.05, 0) is 37.3 Å². The minimum absolute atomic E-state index is 0.0479. The topological polar surface area (TPSA) is 98.5 Å². The third-order valence-electron chi connectivity index (χ3n) is 3.61. The van der Waals surface area contributed by atoms with E-state index >= 15 is 0 Å². The first kappa shape index (κ1) is 19.4. The normalized spacial score (nSPS) is 15.2. The van der Waals surface area contributed by atoms with Crippen LogP contribution >= 0.6 is 0 Å². The Hall–Kier alpha value is -1.88. The van der Waals surface area contributed by atoms with Crippen molar-refractivity contribution < 1.29 is 31.2 Å². The van der Waals surface area contributed by atoms with Crippen LogP contribution in [0.5, 0.6) is 0 Å². The van der Waals surface area contributed by atoms with Crippen LogP contribution in [0.3, 0.4) is 0 Å². The van der Waals surface area contributed by atoms with Gasteiger partial charge in [-0.15, -0.1) is 0 Å². The predicted molar refractivity (Wildman–Crippen MR) is 83.0 cm³/mol. The average Bonchev–Trinajstić information content (AvgIpc) is 3.33. The molecule has 0 amide bonds. The molecule has 140 valence electrons. The third kappa shape index (κ3) is 5.05. The number of sulfone groups is 1. The fourth-order valence-electron chi connectivity index (χ4n) is 2.04. The van der Waals surface area contributed by atoms with E-state index in [0.717, 1.165) is 18.9 Å². The summed E-state index contributed by atoms with van der Waals surface area (Å²) >= 11 is 0. The van der Waals surface area contributed by atoms with E-state index in [4.69, 9.17) is 4.74 Å². The number of alkyl halides is 3. The fraction of sp³-hybridized carbons (Fsp3) is 0.571. The SMILES string of the molecule is O=[N+]([O-])c1cc(S(=O)(=O)C(F)(F)F)ccc1NCCCOCC1CC1. The molecule has 1 aliphatic carbocycles. The molecule has 0 saturated heterocycles. The summed E-state index contributed by atoms with van der Waals surface area (Å²) in [7, 11) is -5.64. The number of anilines is 1. The Morgan fingerprint density at radius 1 is 1.32 bits per heavy atom. The van der Waals surface area contributed by atoms with E-state index in [2.05, 4.69) is 5.32 Å². The molecule has 1 aromatic carbocycles. The van der Waals surface area contributed by atoms with Gasteiger partial charge in [0.25, 0.3) is 15.5 Å². The summed E-state index contributed by atoms with van der Waals surface area (Å²) in [6.07, 6.45) is 2.88. The van der Waals surface area contributed by atoms with Crippen LogP contribution in [0.15, 0.2) is 23.1 Å². The quantitative estimate of drug-likeness (QED) is 0.400. The van der Waals surface area contributed by atoms with Crippen LogP contribution in [-0.4, -0.2) is 38.6 Å². The number of hydrogen-bond donors (Lipinski definition) is 1. The molecule has 2 rings (SSSR count). The van der Waals surface area contributed by atoms with Gasteiger partial charge in [-0.25, -0.2) is 8.42 Å². The summed E-state index contributed by atoms with van der Waals surface area (Å²) in [5.41, 5.74) is -6.30. The van der Waals surface area contributed by atoms with Gasteiger partial charge in [0.05, 0.1) is 9.82 Å². The molecular formula is C14H17F3N2O5S. The number of halogens is 3. The molecule has 0 radical (unpaired) electrons. The molecule has 0 spiro atoms. The molecule has 1 saturated carbocycles. The summed E-state index contributed by atoms with van der Waals surface area (Å²) in [5, 5.41) is 13.8. The number of rotatable bonds is 9. The lowest BCUT2D eigenvalue weighted by Crippen LogP contribution is -2.23. The molecule has 0 unspecified atom stereocenters. The van der Waals surface area contributed by atoms with Crippen molar-refractivity contribution in [1.29, 1.82) is 0 Å². The average molecular weight is 382 g/mol. The highest BCUT2D eigenvalue weighted by Crippen LogP contribution is 2.34. The minimum atomic E-state index is -5.64.